The number of hydrogen-bond donors (Lipinski definition) is 1. The Balaban J connectivity index is 2.25. The van der Waals surface area contributed by atoms with Crippen LogP contribution in [0.1, 0.15) is 12.5 Å². The minimum absolute atomic E-state index is 0.576. The molecule has 15 heavy (non-hydrogen) atoms. The average molecular weight is 200 g/mol. The van der Waals surface area contributed by atoms with Crippen molar-refractivity contribution in [2.24, 2.45) is 0 Å². The highest BCUT2D eigenvalue weighted by Crippen LogP contribution is 2.06. The van der Waals surface area contributed by atoms with Crippen LogP contribution in [0.5, 0.6) is 0 Å². The second-order valence-electron chi connectivity index (χ2n) is 3.22. The zero-order valence-electron chi connectivity index (χ0n) is 8.78. The van der Waals surface area contributed by atoms with E-state index in [1.165, 1.54) is 5.56 Å². The maximum absolute atomic E-state index is 4.32. The number of nitrogens with one attached hydrogen (secondary N) is 1. The predicted octanol–water partition coefficient (Wildman–Crippen LogP) is 1.47. The molecule has 0 saturated carbocycles. The molecule has 4 nitrogen and oxygen atoms in total. The summed E-state index contributed by atoms with van der Waals surface area (Å²) in [5, 5.41) is 7.29. The molecular formula is C11H12N4. The first kappa shape index (κ1) is 9.53. The number of rotatable bonds is 2. The highest BCUT2D eigenvalue weighted by molar-refractivity contribution is 5.45. The third kappa shape index (κ3) is 2.08. The highest BCUT2D eigenvalue weighted by Gasteiger charge is 2.01. The van der Waals surface area contributed by atoms with Crippen LogP contribution in [0.2, 0.25) is 0 Å². The monoisotopic (exact) mass is 200 g/mol. The maximum atomic E-state index is 4.32. The SMILES string of the molecule is CC#CCNc1nc2cc(C)ccn2n1. The van der Waals surface area contributed by atoms with Crippen LogP contribution >= 0.6 is 0 Å². The van der Waals surface area contributed by atoms with Crippen LogP contribution in [-0.4, -0.2) is 21.1 Å². The summed E-state index contributed by atoms with van der Waals surface area (Å²) >= 11 is 0. The van der Waals surface area contributed by atoms with Crippen molar-refractivity contribution in [1.82, 2.24) is 14.6 Å². The fraction of sp³-hybridized carbons (Fsp3) is 0.273. The lowest BCUT2D eigenvalue weighted by Crippen LogP contribution is -2.00. The Morgan fingerprint density at radius 2 is 2.40 bits per heavy atom. The van der Waals surface area contributed by atoms with E-state index in [0.717, 1.165) is 5.65 Å². The zero-order chi connectivity index (χ0) is 10.7. The number of fused-ring (bicyclic) bond motifs is 1. The first-order valence-electron chi connectivity index (χ1n) is 4.76. The van der Waals surface area contributed by atoms with E-state index in [4.69, 9.17) is 0 Å². The van der Waals surface area contributed by atoms with Crippen molar-refractivity contribution in [1.29, 1.82) is 0 Å². The fourth-order valence-corrected chi connectivity index (χ4v) is 1.27. The summed E-state index contributed by atoms with van der Waals surface area (Å²) in [7, 11) is 0. The molecule has 0 aliphatic heterocycles. The molecule has 2 aromatic heterocycles. The third-order valence-electron chi connectivity index (χ3n) is 2.00. The van der Waals surface area contributed by atoms with Gasteiger partial charge in [0.25, 0.3) is 0 Å². The van der Waals surface area contributed by atoms with Gasteiger partial charge >= 0.3 is 0 Å². The van der Waals surface area contributed by atoms with Crippen molar-refractivity contribution in [3.05, 3.63) is 23.9 Å². The Kier molecular flexibility index (Phi) is 2.55. The minimum Gasteiger partial charge on any atom is -0.342 e. The molecule has 0 bridgehead atoms. The lowest BCUT2D eigenvalue weighted by Gasteiger charge is -1.91. The second-order valence-corrected chi connectivity index (χ2v) is 3.22. The average Bonchev–Trinajstić information content (AvgIpc) is 2.60. The smallest absolute Gasteiger partial charge is 0.243 e. The van der Waals surface area contributed by atoms with Gasteiger partial charge in [0.1, 0.15) is 0 Å². The van der Waals surface area contributed by atoms with Crippen molar-refractivity contribution >= 4 is 11.6 Å². The van der Waals surface area contributed by atoms with Crippen LogP contribution in [-0.2, 0) is 0 Å². The molecule has 0 radical (unpaired) electrons. The zero-order valence-corrected chi connectivity index (χ0v) is 8.78. The molecule has 0 aliphatic rings. The van der Waals surface area contributed by atoms with Crippen LogP contribution in [0.4, 0.5) is 5.95 Å². The van der Waals surface area contributed by atoms with Gasteiger partial charge in [0.05, 0.1) is 6.54 Å². The molecule has 2 heterocycles. The summed E-state index contributed by atoms with van der Waals surface area (Å²) < 4.78 is 1.74. The van der Waals surface area contributed by atoms with Crippen molar-refractivity contribution in [3.63, 3.8) is 0 Å². The summed E-state index contributed by atoms with van der Waals surface area (Å²) in [5.74, 6) is 6.32. The Bertz CT molecular complexity index is 530. The number of pyridine rings is 1. The van der Waals surface area contributed by atoms with Gasteiger partial charge in [-0.25, -0.2) is 4.52 Å². The summed E-state index contributed by atoms with van der Waals surface area (Å²) in [6.07, 6.45) is 1.90. The predicted molar refractivity (Wildman–Crippen MR) is 59.7 cm³/mol. The molecule has 0 atom stereocenters. The van der Waals surface area contributed by atoms with Gasteiger partial charge in [-0.1, -0.05) is 5.92 Å². The van der Waals surface area contributed by atoms with E-state index in [9.17, 15) is 0 Å². The minimum atomic E-state index is 0.576. The quantitative estimate of drug-likeness (QED) is 0.746. The molecule has 0 fully saturated rings. The molecule has 76 valence electrons. The Hall–Kier alpha value is -2.02. The van der Waals surface area contributed by atoms with Crippen molar-refractivity contribution in [3.8, 4) is 11.8 Å². The normalized spacial score (nSPS) is 9.73. The summed E-state index contributed by atoms with van der Waals surface area (Å²) in [6.45, 7) is 4.42. The van der Waals surface area contributed by atoms with Crippen molar-refractivity contribution in [2.75, 3.05) is 11.9 Å². The summed E-state index contributed by atoms with van der Waals surface area (Å²) in [4.78, 5) is 4.32. The Morgan fingerprint density at radius 1 is 1.53 bits per heavy atom. The molecular weight excluding hydrogens is 188 g/mol. The van der Waals surface area contributed by atoms with E-state index in [-0.39, 0.29) is 0 Å². The molecule has 2 rings (SSSR count). The second kappa shape index (κ2) is 4.01. The number of aromatic nitrogens is 3. The van der Waals surface area contributed by atoms with E-state index < -0.39 is 0 Å². The standard InChI is InChI=1S/C11H12N4/c1-3-4-6-12-11-13-10-8-9(2)5-7-15(10)14-11/h5,7-8H,6H2,1-2H3,(H,12,14). The third-order valence-corrected chi connectivity index (χ3v) is 2.00. The molecule has 4 heteroatoms. The lowest BCUT2D eigenvalue weighted by molar-refractivity contribution is 0.957. The van der Waals surface area contributed by atoms with Crippen LogP contribution in [0.15, 0.2) is 18.3 Å². The van der Waals surface area contributed by atoms with E-state index in [1.54, 1.807) is 4.52 Å². The topological polar surface area (TPSA) is 42.2 Å². The number of anilines is 1. The number of hydrogen-bond acceptors (Lipinski definition) is 3. The first-order chi connectivity index (χ1) is 7.29. The fourth-order valence-electron chi connectivity index (χ4n) is 1.27. The highest BCUT2D eigenvalue weighted by atomic mass is 15.3. The molecule has 0 spiro atoms. The van der Waals surface area contributed by atoms with Crippen LogP contribution < -0.4 is 5.32 Å². The van der Waals surface area contributed by atoms with Crippen molar-refractivity contribution < 1.29 is 0 Å². The summed E-state index contributed by atoms with van der Waals surface area (Å²) in [5.41, 5.74) is 2.02. The van der Waals surface area contributed by atoms with Crippen LogP contribution in [0.25, 0.3) is 5.65 Å². The molecule has 1 N–H and O–H groups in total. The molecule has 0 amide bonds. The van der Waals surface area contributed by atoms with Gasteiger partial charge in [-0.2, -0.15) is 4.98 Å². The van der Waals surface area contributed by atoms with Gasteiger partial charge in [-0.05, 0) is 31.5 Å². The summed E-state index contributed by atoms with van der Waals surface area (Å²) in [6, 6.07) is 3.99. The van der Waals surface area contributed by atoms with Gasteiger partial charge in [0, 0.05) is 6.20 Å². The van der Waals surface area contributed by atoms with Gasteiger partial charge in [-0.15, -0.1) is 11.0 Å². The number of aryl methyl sites for hydroxylation is 1. The number of nitrogens with zero attached hydrogens (tertiary/aromatic N) is 3. The molecule has 0 saturated heterocycles. The first-order valence-corrected chi connectivity index (χ1v) is 4.76. The van der Waals surface area contributed by atoms with Crippen molar-refractivity contribution in [2.45, 2.75) is 13.8 Å². The molecule has 2 aromatic rings. The van der Waals surface area contributed by atoms with Crippen LogP contribution in [0.3, 0.4) is 0 Å². The molecule has 0 unspecified atom stereocenters. The largest absolute Gasteiger partial charge is 0.342 e. The lowest BCUT2D eigenvalue weighted by atomic mass is 10.3. The molecule has 0 aromatic carbocycles. The Labute approximate surface area is 88.3 Å². The van der Waals surface area contributed by atoms with Gasteiger partial charge in [-0.3, -0.25) is 0 Å². The van der Waals surface area contributed by atoms with Gasteiger partial charge in [0.15, 0.2) is 5.65 Å². The van der Waals surface area contributed by atoms with Gasteiger partial charge < -0.3 is 5.32 Å². The van der Waals surface area contributed by atoms with E-state index >= 15 is 0 Å². The van der Waals surface area contributed by atoms with Gasteiger partial charge in [0.2, 0.25) is 5.95 Å². The van der Waals surface area contributed by atoms with Crippen LogP contribution in [0, 0.1) is 18.8 Å². The van der Waals surface area contributed by atoms with E-state index in [1.807, 2.05) is 32.2 Å². The maximum Gasteiger partial charge on any atom is 0.243 e. The van der Waals surface area contributed by atoms with E-state index in [2.05, 4.69) is 27.2 Å². The Morgan fingerprint density at radius 3 is 3.20 bits per heavy atom. The van der Waals surface area contributed by atoms with E-state index in [0.29, 0.717) is 12.5 Å². The molecule has 0 aliphatic carbocycles.